The highest BCUT2D eigenvalue weighted by Crippen LogP contribution is 2.36. The Balaban J connectivity index is 3.50. The fraction of sp³-hybridized carbons (Fsp3) is 0.250. The normalized spacial score (nSPS) is 11.6. The molecule has 1 heterocycles. The van der Waals surface area contributed by atoms with Crippen molar-refractivity contribution in [3.05, 3.63) is 27.5 Å². The van der Waals surface area contributed by atoms with Crippen molar-refractivity contribution in [3.8, 4) is 6.07 Å². The van der Waals surface area contributed by atoms with Gasteiger partial charge in [-0.2, -0.15) is 18.4 Å². The molecule has 8 heteroatoms. The minimum atomic E-state index is -4.98. The van der Waals surface area contributed by atoms with Gasteiger partial charge in [0.2, 0.25) is 0 Å². The summed E-state index contributed by atoms with van der Waals surface area (Å²) in [4.78, 5) is 2.93. The Morgan fingerprint density at radius 3 is 2.31 bits per heavy atom. The first-order valence-electron chi connectivity index (χ1n) is 3.73. The number of halogens is 6. The maximum atomic E-state index is 12.3. The van der Waals surface area contributed by atoms with Crippen molar-refractivity contribution in [3.63, 3.8) is 0 Å². The van der Waals surface area contributed by atoms with Crippen LogP contribution in [0.1, 0.15) is 23.2 Å². The topological polar surface area (TPSA) is 36.7 Å². The molecule has 1 aromatic heterocycles. The lowest BCUT2D eigenvalue weighted by Crippen LogP contribution is -2.13. The largest absolute Gasteiger partial charge is 0.433 e. The molecule has 0 bridgehead atoms. The lowest BCUT2D eigenvalue weighted by Gasteiger charge is -2.12. The fourth-order valence-electron chi connectivity index (χ4n) is 0.978. The van der Waals surface area contributed by atoms with Crippen LogP contribution in [0.2, 0.25) is 0 Å². The summed E-state index contributed by atoms with van der Waals surface area (Å²) in [5, 5.41) is 8.47. The number of hydrogen-bond acceptors (Lipinski definition) is 2. The van der Waals surface area contributed by atoms with Gasteiger partial charge >= 0.3 is 6.18 Å². The zero-order chi connectivity index (χ0) is 12.5. The van der Waals surface area contributed by atoms with E-state index in [-0.39, 0.29) is 5.56 Å². The quantitative estimate of drug-likeness (QED) is 0.586. The first-order valence-corrected chi connectivity index (χ1v) is 4.52. The average molecular weight is 301 g/mol. The van der Waals surface area contributed by atoms with Gasteiger partial charge in [0.1, 0.15) is 10.7 Å². The van der Waals surface area contributed by atoms with Crippen molar-refractivity contribution >= 4 is 15.9 Å². The Morgan fingerprint density at radius 1 is 1.38 bits per heavy atom. The Bertz CT molecular complexity index is 449. The molecule has 0 aliphatic carbocycles. The molecule has 0 amide bonds. The standard InChI is InChI=1S/C8H2BrF5N2/c9-6-3(2-15)1-4(7(10)11)5(16-6)8(12,13)14/h1,7H. The highest BCUT2D eigenvalue weighted by molar-refractivity contribution is 9.10. The van der Waals surface area contributed by atoms with Gasteiger partial charge in [0, 0.05) is 5.56 Å². The summed E-state index contributed by atoms with van der Waals surface area (Å²) in [6.45, 7) is 0. The summed E-state index contributed by atoms with van der Waals surface area (Å²) in [5.41, 5.74) is -3.36. The summed E-state index contributed by atoms with van der Waals surface area (Å²) in [7, 11) is 0. The molecule has 86 valence electrons. The van der Waals surface area contributed by atoms with E-state index in [4.69, 9.17) is 5.26 Å². The number of aromatic nitrogens is 1. The highest BCUT2D eigenvalue weighted by Gasteiger charge is 2.38. The molecule has 16 heavy (non-hydrogen) atoms. The number of nitriles is 1. The van der Waals surface area contributed by atoms with Gasteiger partial charge in [0.05, 0.1) is 5.56 Å². The lowest BCUT2D eigenvalue weighted by molar-refractivity contribution is -0.143. The Kier molecular flexibility index (Phi) is 3.48. The van der Waals surface area contributed by atoms with E-state index in [2.05, 4.69) is 20.9 Å². The second-order valence-corrected chi connectivity index (χ2v) is 3.43. The van der Waals surface area contributed by atoms with Gasteiger partial charge in [-0.05, 0) is 22.0 Å². The molecule has 1 rings (SSSR count). The number of rotatable bonds is 1. The summed E-state index contributed by atoms with van der Waals surface area (Å²) in [6, 6.07) is 1.94. The van der Waals surface area contributed by atoms with Crippen LogP contribution in [-0.4, -0.2) is 4.98 Å². The molecule has 0 spiro atoms. The van der Waals surface area contributed by atoms with Gasteiger partial charge in [0.25, 0.3) is 6.43 Å². The Hall–Kier alpha value is -1.23. The molecule has 2 nitrogen and oxygen atoms in total. The predicted octanol–water partition coefficient (Wildman–Crippen LogP) is 3.67. The molecule has 0 atom stereocenters. The van der Waals surface area contributed by atoms with Crippen molar-refractivity contribution in [2.24, 2.45) is 0 Å². The smallest absolute Gasteiger partial charge is 0.234 e. The van der Waals surface area contributed by atoms with Crippen LogP contribution in [0.15, 0.2) is 10.7 Å². The van der Waals surface area contributed by atoms with Gasteiger partial charge in [0.15, 0.2) is 5.69 Å². The minimum Gasteiger partial charge on any atom is -0.234 e. The predicted molar refractivity (Wildman–Crippen MR) is 46.6 cm³/mol. The SMILES string of the molecule is N#Cc1cc(C(F)F)c(C(F)(F)F)nc1Br. The first kappa shape index (κ1) is 12.8. The van der Waals surface area contributed by atoms with Crippen LogP contribution in [0.4, 0.5) is 22.0 Å². The van der Waals surface area contributed by atoms with Crippen molar-refractivity contribution in [2.75, 3.05) is 0 Å². The molecule has 0 saturated carbocycles. The Labute approximate surface area is 94.8 Å². The van der Waals surface area contributed by atoms with Crippen LogP contribution < -0.4 is 0 Å². The van der Waals surface area contributed by atoms with E-state index in [1.165, 1.54) is 6.07 Å². The van der Waals surface area contributed by atoms with Gasteiger partial charge in [-0.3, -0.25) is 0 Å². The van der Waals surface area contributed by atoms with Gasteiger partial charge in [-0.25, -0.2) is 13.8 Å². The average Bonchev–Trinajstić information content (AvgIpc) is 2.15. The summed E-state index contributed by atoms with van der Waals surface area (Å²) >= 11 is 2.60. The second kappa shape index (κ2) is 4.33. The zero-order valence-electron chi connectivity index (χ0n) is 7.32. The van der Waals surface area contributed by atoms with E-state index in [0.29, 0.717) is 6.07 Å². The second-order valence-electron chi connectivity index (χ2n) is 2.67. The van der Waals surface area contributed by atoms with E-state index < -0.39 is 28.5 Å². The van der Waals surface area contributed by atoms with Crippen LogP contribution in [-0.2, 0) is 6.18 Å². The molecule has 0 aliphatic rings. The molecule has 0 fully saturated rings. The van der Waals surface area contributed by atoms with Crippen molar-refractivity contribution in [1.82, 2.24) is 4.98 Å². The maximum absolute atomic E-state index is 12.3. The zero-order valence-corrected chi connectivity index (χ0v) is 8.90. The summed E-state index contributed by atoms with van der Waals surface area (Å²) in [5.74, 6) is 0. The van der Waals surface area contributed by atoms with E-state index in [1.807, 2.05) is 0 Å². The van der Waals surface area contributed by atoms with Crippen molar-refractivity contribution < 1.29 is 22.0 Å². The molecule has 0 radical (unpaired) electrons. The van der Waals surface area contributed by atoms with E-state index in [0.717, 1.165) is 0 Å². The molecule has 0 N–H and O–H groups in total. The molecule has 0 aliphatic heterocycles. The fourth-order valence-corrected chi connectivity index (χ4v) is 1.36. The molecule has 1 aromatic rings. The van der Waals surface area contributed by atoms with Crippen LogP contribution in [0.25, 0.3) is 0 Å². The molecule has 0 unspecified atom stereocenters. The third kappa shape index (κ3) is 2.47. The number of hydrogen-bond donors (Lipinski definition) is 0. The van der Waals surface area contributed by atoms with E-state index in [9.17, 15) is 22.0 Å². The van der Waals surface area contributed by atoms with Gasteiger partial charge in [-0.1, -0.05) is 0 Å². The molecule has 0 saturated heterocycles. The molecule has 0 aromatic carbocycles. The minimum absolute atomic E-state index is 0.372. The Morgan fingerprint density at radius 2 is 1.94 bits per heavy atom. The number of pyridine rings is 1. The first-order chi connectivity index (χ1) is 7.27. The third-order valence-corrected chi connectivity index (χ3v) is 2.23. The van der Waals surface area contributed by atoms with Crippen LogP contribution in [0, 0.1) is 11.3 Å². The molecular formula is C8H2BrF5N2. The van der Waals surface area contributed by atoms with E-state index >= 15 is 0 Å². The summed E-state index contributed by atoms with van der Waals surface area (Å²) in [6.07, 6.45) is -8.33. The van der Waals surface area contributed by atoms with Gasteiger partial charge in [-0.15, -0.1) is 0 Å². The number of nitrogens with zero attached hydrogens (tertiary/aromatic N) is 2. The van der Waals surface area contributed by atoms with Crippen molar-refractivity contribution in [1.29, 1.82) is 5.26 Å². The van der Waals surface area contributed by atoms with Crippen LogP contribution >= 0.6 is 15.9 Å². The lowest BCUT2D eigenvalue weighted by atomic mass is 10.1. The summed E-state index contributed by atoms with van der Waals surface area (Å²) < 4.78 is 61.2. The monoisotopic (exact) mass is 300 g/mol. The maximum Gasteiger partial charge on any atom is 0.433 e. The molecular weight excluding hydrogens is 299 g/mol. The van der Waals surface area contributed by atoms with E-state index in [1.54, 1.807) is 0 Å². The van der Waals surface area contributed by atoms with Crippen LogP contribution in [0.5, 0.6) is 0 Å². The van der Waals surface area contributed by atoms with Crippen LogP contribution in [0.3, 0.4) is 0 Å². The highest BCUT2D eigenvalue weighted by atomic mass is 79.9. The van der Waals surface area contributed by atoms with Gasteiger partial charge < -0.3 is 0 Å². The number of alkyl halides is 5. The third-order valence-electron chi connectivity index (χ3n) is 1.63. The van der Waals surface area contributed by atoms with Crippen molar-refractivity contribution in [2.45, 2.75) is 12.6 Å².